The third kappa shape index (κ3) is 4.94. The van der Waals surface area contributed by atoms with Gasteiger partial charge < -0.3 is 15.3 Å². The predicted octanol–water partition coefficient (Wildman–Crippen LogP) is 0.681. The Balaban J connectivity index is 1.72. The second-order valence-corrected chi connectivity index (χ2v) is 7.06. The number of piperidine rings is 2. The predicted molar refractivity (Wildman–Crippen MR) is 84.1 cm³/mol. The standard InChI is InChI=1S/C16H31N3O2/c1-3-18-9-5-14(6-10-18)17-15(21)11-19-8-4-7-16(2,12-19)13-20/h14,20H,3-13H2,1-2H3,(H,17,21). The molecule has 21 heavy (non-hydrogen) atoms. The van der Waals surface area contributed by atoms with Crippen LogP contribution in [0.1, 0.15) is 39.5 Å². The Morgan fingerprint density at radius 1 is 1.29 bits per heavy atom. The van der Waals surface area contributed by atoms with Gasteiger partial charge in [0.15, 0.2) is 0 Å². The molecule has 2 aliphatic rings. The zero-order chi connectivity index (χ0) is 15.3. The van der Waals surface area contributed by atoms with Gasteiger partial charge >= 0.3 is 0 Å². The van der Waals surface area contributed by atoms with Crippen molar-refractivity contribution in [2.24, 2.45) is 5.41 Å². The van der Waals surface area contributed by atoms with Gasteiger partial charge in [0.05, 0.1) is 6.54 Å². The number of amides is 1. The number of aliphatic hydroxyl groups is 1. The highest BCUT2D eigenvalue weighted by molar-refractivity contribution is 5.78. The average molecular weight is 297 g/mol. The number of nitrogens with zero attached hydrogens (tertiary/aromatic N) is 2. The van der Waals surface area contributed by atoms with E-state index in [9.17, 15) is 9.90 Å². The van der Waals surface area contributed by atoms with E-state index in [1.165, 1.54) is 0 Å². The molecule has 1 atom stereocenters. The van der Waals surface area contributed by atoms with E-state index >= 15 is 0 Å². The number of carbonyl (C=O) groups excluding carboxylic acids is 1. The van der Waals surface area contributed by atoms with Gasteiger partial charge in [0.25, 0.3) is 0 Å². The minimum atomic E-state index is -0.0367. The Morgan fingerprint density at radius 3 is 2.62 bits per heavy atom. The summed E-state index contributed by atoms with van der Waals surface area (Å²) in [7, 11) is 0. The van der Waals surface area contributed by atoms with E-state index < -0.39 is 0 Å². The van der Waals surface area contributed by atoms with Crippen LogP contribution in [-0.2, 0) is 4.79 Å². The van der Waals surface area contributed by atoms with Crippen molar-refractivity contribution in [2.45, 2.75) is 45.6 Å². The van der Waals surface area contributed by atoms with Crippen molar-refractivity contribution < 1.29 is 9.90 Å². The van der Waals surface area contributed by atoms with Crippen LogP contribution in [0.4, 0.5) is 0 Å². The molecule has 2 N–H and O–H groups in total. The van der Waals surface area contributed by atoms with E-state index in [1.54, 1.807) is 0 Å². The molecule has 5 heteroatoms. The SMILES string of the molecule is CCN1CCC(NC(=O)CN2CCCC(C)(CO)C2)CC1. The van der Waals surface area contributed by atoms with E-state index in [-0.39, 0.29) is 17.9 Å². The second kappa shape index (κ2) is 7.56. The first kappa shape index (κ1) is 16.7. The van der Waals surface area contributed by atoms with Crippen molar-refractivity contribution in [2.75, 3.05) is 45.9 Å². The molecule has 5 nitrogen and oxygen atoms in total. The molecule has 0 aromatic rings. The van der Waals surface area contributed by atoms with Crippen molar-refractivity contribution in [1.29, 1.82) is 0 Å². The molecule has 0 saturated carbocycles. The summed E-state index contributed by atoms with van der Waals surface area (Å²) < 4.78 is 0. The summed E-state index contributed by atoms with van der Waals surface area (Å²) in [5.41, 5.74) is -0.0367. The molecule has 2 saturated heterocycles. The molecule has 2 rings (SSSR count). The Morgan fingerprint density at radius 2 is 2.00 bits per heavy atom. The Labute approximate surface area is 128 Å². The van der Waals surface area contributed by atoms with Gasteiger partial charge in [-0.25, -0.2) is 0 Å². The zero-order valence-corrected chi connectivity index (χ0v) is 13.6. The molecule has 1 amide bonds. The van der Waals surface area contributed by atoms with Gasteiger partial charge in [0, 0.05) is 37.7 Å². The van der Waals surface area contributed by atoms with Crippen LogP contribution in [0, 0.1) is 5.41 Å². The third-order valence-corrected chi connectivity index (χ3v) is 5.01. The van der Waals surface area contributed by atoms with E-state index in [2.05, 4.69) is 29.0 Å². The molecule has 0 radical (unpaired) electrons. The molecule has 122 valence electrons. The molecule has 2 aliphatic heterocycles. The summed E-state index contributed by atoms with van der Waals surface area (Å²) >= 11 is 0. The summed E-state index contributed by atoms with van der Waals surface area (Å²) in [5, 5.41) is 12.7. The molecule has 0 aliphatic carbocycles. The third-order valence-electron chi connectivity index (χ3n) is 5.01. The Bertz CT molecular complexity index is 342. The first-order valence-corrected chi connectivity index (χ1v) is 8.39. The Kier molecular flexibility index (Phi) is 6.02. The molecule has 2 fully saturated rings. The molecule has 0 bridgehead atoms. The van der Waals surface area contributed by atoms with Gasteiger partial charge in [-0.1, -0.05) is 13.8 Å². The fraction of sp³-hybridized carbons (Fsp3) is 0.938. The lowest BCUT2D eigenvalue weighted by atomic mass is 9.83. The minimum Gasteiger partial charge on any atom is -0.396 e. The average Bonchev–Trinajstić information content (AvgIpc) is 2.48. The van der Waals surface area contributed by atoms with Gasteiger partial charge in [-0.05, 0) is 38.8 Å². The number of rotatable bonds is 5. The topological polar surface area (TPSA) is 55.8 Å². The van der Waals surface area contributed by atoms with Gasteiger partial charge in [-0.2, -0.15) is 0 Å². The lowest BCUT2D eigenvalue weighted by Crippen LogP contribution is -2.50. The molecule has 0 aromatic carbocycles. The second-order valence-electron chi connectivity index (χ2n) is 7.06. The van der Waals surface area contributed by atoms with Crippen molar-refractivity contribution in [1.82, 2.24) is 15.1 Å². The summed E-state index contributed by atoms with van der Waals surface area (Å²) in [6, 6.07) is 0.342. The number of nitrogens with one attached hydrogen (secondary N) is 1. The summed E-state index contributed by atoms with van der Waals surface area (Å²) in [5.74, 6) is 0.145. The van der Waals surface area contributed by atoms with Crippen molar-refractivity contribution >= 4 is 5.91 Å². The van der Waals surface area contributed by atoms with Crippen LogP contribution in [0.15, 0.2) is 0 Å². The fourth-order valence-corrected chi connectivity index (χ4v) is 3.56. The van der Waals surface area contributed by atoms with Crippen LogP contribution in [0.5, 0.6) is 0 Å². The minimum absolute atomic E-state index is 0.0367. The lowest BCUT2D eigenvalue weighted by molar-refractivity contribution is -0.124. The molecule has 0 aromatic heterocycles. The highest BCUT2D eigenvalue weighted by Crippen LogP contribution is 2.28. The first-order chi connectivity index (χ1) is 10.0. The first-order valence-electron chi connectivity index (χ1n) is 8.39. The van der Waals surface area contributed by atoms with Crippen LogP contribution in [0.3, 0.4) is 0 Å². The number of aliphatic hydroxyl groups excluding tert-OH is 1. The molecular formula is C16H31N3O2. The Hall–Kier alpha value is -0.650. The lowest BCUT2D eigenvalue weighted by Gasteiger charge is -2.39. The molecule has 0 spiro atoms. The fourth-order valence-electron chi connectivity index (χ4n) is 3.56. The van der Waals surface area contributed by atoms with Crippen molar-refractivity contribution in [3.05, 3.63) is 0 Å². The van der Waals surface area contributed by atoms with E-state index in [0.29, 0.717) is 12.6 Å². The van der Waals surface area contributed by atoms with Crippen LogP contribution in [0.2, 0.25) is 0 Å². The maximum atomic E-state index is 12.2. The number of hydrogen-bond donors (Lipinski definition) is 2. The van der Waals surface area contributed by atoms with E-state index in [1.807, 2.05) is 0 Å². The van der Waals surface area contributed by atoms with E-state index in [4.69, 9.17) is 0 Å². The molecule has 2 heterocycles. The van der Waals surface area contributed by atoms with Crippen LogP contribution in [0.25, 0.3) is 0 Å². The van der Waals surface area contributed by atoms with E-state index in [0.717, 1.165) is 58.4 Å². The smallest absolute Gasteiger partial charge is 0.234 e. The largest absolute Gasteiger partial charge is 0.396 e. The van der Waals surface area contributed by atoms with Crippen LogP contribution >= 0.6 is 0 Å². The monoisotopic (exact) mass is 297 g/mol. The highest BCUT2D eigenvalue weighted by atomic mass is 16.3. The maximum Gasteiger partial charge on any atom is 0.234 e. The summed E-state index contributed by atoms with van der Waals surface area (Å²) in [6.45, 7) is 10.1. The van der Waals surface area contributed by atoms with Gasteiger partial charge in [0.2, 0.25) is 5.91 Å². The number of hydrogen-bond acceptors (Lipinski definition) is 4. The van der Waals surface area contributed by atoms with Gasteiger partial charge in [-0.3, -0.25) is 9.69 Å². The zero-order valence-electron chi connectivity index (χ0n) is 13.6. The van der Waals surface area contributed by atoms with Crippen molar-refractivity contribution in [3.63, 3.8) is 0 Å². The maximum absolute atomic E-state index is 12.2. The van der Waals surface area contributed by atoms with Crippen LogP contribution in [-0.4, -0.2) is 72.7 Å². The number of carbonyl (C=O) groups is 1. The molecular weight excluding hydrogens is 266 g/mol. The summed E-state index contributed by atoms with van der Waals surface area (Å²) in [4.78, 5) is 16.8. The van der Waals surface area contributed by atoms with Gasteiger partial charge in [-0.15, -0.1) is 0 Å². The molecule has 1 unspecified atom stereocenters. The van der Waals surface area contributed by atoms with Crippen molar-refractivity contribution in [3.8, 4) is 0 Å². The normalized spacial score (nSPS) is 29.5. The van der Waals surface area contributed by atoms with Crippen LogP contribution < -0.4 is 5.32 Å². The highest BCUT2D eigenvalue weighted by Gasteiger charge is 2.31. The van der Waals surface area contributed by atoms with Gasteiger partial charge in [0.1, 0.15) is 0 Å². The summed E-state index contributed by atoms with van der Waals surface area (Å²) in [6.07, 6.45) is 4.25. The quantitative estimate of drug-likeness (QED) is 0.784. The number of likely N-dealkylation sites (tertiary alicyclic amines) is 2.